The molecule has 96 valence electrons. The Morgan fingerprint density at radius 2 is 2.12 bits per heavy atom. The molecule has 2 atom stereocenters. The third kappa shape index (κ3) is 2.69. The lowest BCUT2D eigenvalue weighted by atomic mass is 10.0. The second-order valence-corrected chi connectivity index (χ2v) is 4.97. The smallest absolute Gasteiger partial charge is 0.0538 e. The number of nitrogens with two attached hydrogens (primary N) is 1. The van der Waals surface area contributed by atoms with Crippen LogP contribution >= 0.6 is 0 Å². The molecule has 1 saturated heterocycles. The van der Waals surface area contributed by atoms with E-state index in [1.807, 2.05) is 10.9 Å². The monoisotopic (exact) mass is 236 g/mol. The number of rotatable bonds is 5. The fraction of sp³-hybridized carbons (Fsp3) is 0.769. The van der Waals surface area contributed by atoms with Crippen molar-refractivity contribution < 1.29 is 0 Å². The highest BCUT2D eigenvalue weighted by Gasteiger charge is 2.32. The van der Waals surface area contributed by atoms with Crippen LogP contribution < -0.4 is 5.73 Å². The van der Waals surface area contributed by atoms with E-state index in [4.69, 9.17) is 5.73 Å². The van der Waals surface area contributed by atoms with Crippen LogP contribution in [0.1, 0.15) is 44.7 Å². The van der Waals surface area contributed by atoms with Gasteiger partial charge in [0.2, 0.25) is 0 Å². The molecule has 2 heterocycles. The van der Waals surface area contributed by atoms with E-state index in [2.05, 4.69) is 30.0 Å². The molecule has 0 saturated carbocycles. The zero-order valence-electron chi connectivity index (χ0n) is 11.0. The lowest BCUT2D eigenvalue weighted by molar-refractivity contribution is 0.248. The molecule has 0 aliphatic carbocycles. The molecule has 0 aromatic carbocycles. The van der Waals surface area contributed by atoms with E-state index in [0.717, 1.165) is 32.5 Å². The average molecular weight is 236 g/mol. The summed E-state index contributed by atoms with van der Waals surface area (Å²) in [7, 11) is 0. The summed E-state index contributed by atoms with van der Waals surface area (Å²) in [4.78, 5) is 2.50. The van der Waals surface area contributed by atoms with Gasteiger partial charge < -0.3 is 5.73 Å². The van der Waals surface area contributed by atoms with Gasteiger partial charge in [-0.05, 0) is 25.8 Å². The Labute approximate surface area is 104 Å². The third-order valence-corrected chi connectivity index (χ3v) is 3.51. The van der Waals surface area contributed by atoms with Gasteiger partial charge in [-0.15, -0.1) is 0 Å². The Kier molecular flexibility index (Phi) is 4.18. The standard InChI is InChI=1S/C13H24N4/c1-3-6-16-8-5-12(14)13(16)11-9-15-17(10-11)7-4-2/h9-10,12-13H,3-8,14H2,1-2H3. The molecular formula is C13H24N4. The van der Waals surface area contributed by atoms with Crippen molar-refractivity contribution >= 4 is 0 Å². The second kappa shape index (κ2) is 5.65. The molecule has 4 nitrogen and oxygen atoms in total. The predicted molar refractivity (Wildman–Crippen MR) is 69.7 cm³/mol. The van der Waals surface area contributed by atoms with E-state index < -0.39 is 0 Å². The van der Waals surface area contributed by atoms with Crippen molar-refractivity contribution in [3.63, 3.8) is 0 Å². The van der Waals surface area contributed by atoms with Gasteiger partial charge in [0.05, 0.1) is 12.2 Å². The van der Waals surface area contributed by atoms with Gasteiger partial charge in [-0.1, -0.05) is 13.8 Å². The summed E-state index contributed by atoms with van der Waals surface area (Å²) in [5.74, 6) is 0. The van der Waals surface area contributed by atoms with Crippen LogP contribution in [-0.4, -0.2) is 33.8 Å². The van der Waals surface area contributed by atoms with Gasteiger partial charge in [0, 0.05) is 30.9 Å². The molecule has 1 aromatic rings. The van der Waals surface area contributed by atoms with Crippen molar-refractivity contribution in [2.75, 3.05) is 13.1 Å². The third-order valence-electron chi connectivity index (χ3n) is 3.51. The van der Waals surface area contributed by atoms with Crippen LogP contribution in [0.5, 0.6) is 0 Å². The van der Waals surface area contributed by atoms with Gasteiger partial charge in [0.25, 0.3) is 0 Å². The molecule has 2 N–H and O–H groups in total. The van der Waals surface area contributed by atoms with Gasteiger partial charge in [0.15, 0.2) is 0 Å². The molecule has 2 rings (SSSR count). The van der Waals surface area contributed by atoms with Crippen molar-refractivity contribution in [1.29, 1.82) is 0 Å². The van der Waals surface area contributed by atoms with Gasteiger partial charge >= 0.3 is 0 Å². The van der Waals surface area contributed by atoms with Crippen LogP contribution in [0.3, 0.4) is 0 Å². The molecule has 2 unspecified atom stereocenters. The highest BCUT2D eigenvalue weighted by molar-refractivity contribution is 5.15. The van der Waals surface area contributed by atoms with Crippen molar-refractivity contribution in [3.05, 3.63) is 18.0 Å². The van der Waals surface area contributed by atoms with Crippen molar-refractivity contribution in [3.8, 4) is 0 Å². The van der Waals surface area contributed by atoms with E-state index in [9.17, 15) is 0 Å². The molecule has 1 fully saturated rings. The summed E-state index contributed by atoms with van der Waals surface area (Å²) < 4.78 is 2.03. The number of hydrogen-bond donors (Lipinski definition) is 1. The first kappa shape index (κ1) is 12.6. The number of aromatic nitrogens is 2. The van der Waals surface area contributed by atoms with E-state index in [-0.39, 0.29) is 6.04 Å². The summed E-state index contributed by atoms with van der Waals surface area (Å²) in [6, 6.07) is 0.640. The number of hydrogen-bond acceptors (Lipinski definition) is 3. The second-order valence-electron chi connectivity index (χ2n) is 4.97. The highest BCUT2D eigenvalue weighted by atomic mass is 15.3. The minimum atomic E-state index is 0.265. The number of aryl methyl sites for hydroxylation is 1. The average Bonchev–Trinajstić information content (AvgIpc) is 2.87. The molecule has 1 aliphatic heterocycles. The largest absolute Gasteiger partial charge is 0.326 e. The quantitative estimate of drug-likeness (QED) is 0.847. The van der Waals surface area contributed by atoms with E-state index in [0.29, 0.717) is 6.04 Å². The minimum absolute atomic E-state index is 0.265. The summed E-state index contributed by atoms with van der Waals surface area (Å²) in [5.41, 5.74) is 7.52. The minimum Gasteiger partial charge on any atom is -0.326 e. The molecule has 1 aromatic heterocycles. The van der Waals surface area contributed by atoms with E-state index in [1.54, 1.807) is 0 Å². The van der Waals surface area contributed by atoms with Crippen LogP contribution in [0.15, 0.2) is 12.4 Å². The molecular weight excluding hydrogens is 212 g/mol. The molecule has 0 bridgehead atoms. The summed E-state index contributed by atoms with van der Waals surface area (Å²) in [6.45, 7) is 7.65. The van der Waals surface area contributed by atoms with Gasteiger partial charge in [0.1, 0.15) is 0 Å². The van der Waals surface area contributed by atoms with Gasteiger partial charge in [-0.3, -0.25) is 9.58 Å². The topological polar surface area (TPSA) is 47.1 Å². The maximum atomic E-state index is 6.24. The van der Waals surface area contributed by atoms with Crippen LogP contribution in [0.2, 0.25) is 0 Å². The first-order valence-corrected chi connectivity index (χ1v) is 6.78. The van der Waals surface area contributed by atoms with Crippen LogP contribution in [0, 0.1) is 0 Å². The zero-order valence-corrected chi connectivity index (χ0v) is 11.0. The molecule has 0 spiro atoms. The van der Waals surface area contributed by atoms with Crippen molar-refractivity contribution in [2.24, 2.45) is 5.73 Å². The Bertz CT molecular complexity index is 345. The Balaban J connectivity index is 2.11. The first-order valence-electron chi connectivity index (χ1n) is 6.78. The summed E-state index contributed by atoms with van der Waals surface area (Å²) >= 11 is 0. The van der Waals surface area contributed by atoms with Crippen molar-refractivity contribution in [1.82, 2.24) is 14.7 Å². The summed E-state index contributed by atoms with van der Waals surface area (Å²) in [6.07, 6.45) is 7.57. The van der Waals surface area contributed by atoms with E-state index in [1.165, 1.54) is 12.0 Å². The summed E-state index contributed by atoms with van der Waals surface area (Å²) in [5, 5.41) is 4.41. The SMILES string of the molecule is CCCN1CCC(N)C1c1cnn(CCC)c1. The highest BCUT2D eigenvalue weighted by Crippen LogP contribution is 2.30. The molecule has 17 heavy (non-hydrogen) atoms. The molecule has 0 radical (unpaired) electrons. The zero-order chi connectivity index (χ0) is 12.3. The maximum absolute atomic E-state index is 6.24. The van der Waals surface area contributed by atoms with Crippen LogP contribution in [0.25, 0.3) is 0 Å². The lowest BCUT2D eigenvalue weighted by Crippen LogP contribution is -2.32. The van der Waals surface area contributed by atoms with Crippen molar-refractivity contribution in [2.45, 2.75) is 51.7 Å². The fourth-order valence-electron chi connectivity index (χ4n) is 2.76. The first-order chi connectivity index (χ1) is 8.26. The normalized spacial score (nSPS) is 25.6. The Hall–Kier alpha value is -0.870. The fourth-order valence-corrected chi connectivity index (χ4v) is 2.76. The molecule has 1 aliphatic rings. The molecule has 0 amide bonds. The predicted octanol–water partition coefficient (Wildman–Crippen LogP) is 1.78. The lowest BCUT2D eigenvalue weighted by Gasteiger charge is -2.25. The Morgan fingerprint density at radius 1 is 1.35 bits per heavy atom. The van der Waals surface area contributed by atoms with E-state index >= 15 is 0 Å². The number of nitrogens with zero attached hydrogens (tertiary/aromatic N) is 3. The van der Waals surface area contributed by atoms with Gasteiger partial charge in [-0.2, -0.15) is 5.10 Å². The molecule has 4 heteroatoms. The Morgan fingerprint density at radius 3 is 2.82 bits per heavy atom. The van der Waals surface area contributed by atoms with Gasteiger partial charge in [-0.25, -0.2) is 0 Å². The maximum Gasteiger partial charge on any atom is 0.0538 e. The van der Waals surface area contributed by atoms with Crippen LogP contribution in [0.4, 0.5) is 0 Å². The van der Waals surface area contributed by atoms with Crippen LogP contribution in [-0.2, 0) is 6.54 Å². The number of likely N-dealkylation sites (tertiary alicyclic amines) is 1.